The molecule has 0 aliphatic carbocycles. The zero-order valence-corrected chi connectivity index (χ0v) is 17.4. The van der Waals surface area contributed by atoms with Crippen LogP contribution in [-0.4, -0.2) is 35.9 Å². The van der Waals surface area contributed by atoms with Crippen LogP contribution in [0.2, 0.25) is 0 Å². The molecule has 5 rings (SSSR count). The van der Waals surface area contributed by atoms with E-state index in [9.17, 15) is 4.79 Å². The van der Waals surface area contributed by atoms with Crippen LogP contribution in [0.15, 0.2) is 77.6 Å². The predicted molar refractivity (Wildman–Crippen MR) is 125 cm³/mol. The number of aromatic nitrogens is 2. The summed E-state index contributed by atoms with van der Waals surface area (Å²) in [6, 6.07) is 23.6. The van der Waals surface area contributed by atoms with Gasteiger partial charge in [0.1, 0.15) is 11.6 Å². The van der Waals surface area contributed by atoms with Crippen LogP contribution < -0.4 is 15.6 Å². The van der Waals surface area contributed by atoms with Crippen molar-refractivity contribution in [1.82, 2.24) is 9.55 Å². The summed E-state index contributed by atoms with van der Waals surface area (Å²) in [5.74, 6) is 1.45. The highest BCUT2D eigenvalue weighted by atomic mass is 16.5. The second-order valence-corrected chi connectivity index (χ2v) is 7.64. The number of anilines is 3. The molecule has 3 heterocycles. The number of hydrogen-bond donors (Lipinski definition) is 1. The van der Waals surface area contributed by atoms with Gasteiger partial charge in [-0.2, -0.15) is 0 Å². The zero-order chi connectivity index (χ0) is 21.2. The normalized spacial score (nSPS) is 14.0. The first-order chi connectivity index (χ1) is 15.2. The molecular formula is C25H24N4O2. The minimum atomic E-state index is -0.0467. The second-order valence-electron chi connectivity index (χ2n) is 7.64. The van der Waals surface area contributed by atoms with Crippen LogP contribution in [0, 0.1) is 6.92 Å². The summed E-state index contributed by atoms with van der Waals surface area (Å²) in [6.07, 6.45) is 0. The quantitative estimate of drug-likeness (QED) is 0.542. The number of ether oxygens (including phenoxy) is 1. The van der Waals surface area contributed by atoms with E-state index in [-0.39, 0.29) is 5.43 Å². The van der Waals surface area contributed by atoms with E-state index in [0.717, 1.165) is 41.5 Å². The first-order valence-electron chi connectivity index (χ1n) is 10.5. The first-order valence-corrected chi connectivity index (χ1v) is 10.5. The van der Waals surface area contributed by atoms with Gasteiger partial charge in [0, 0.05) is 36.2 Å². The highest BCUT2D eigenvalue weighted by molar-refractivity contribution is 5.93. The van der Waals surface area contributed by atoms with Crippen LogP contribution in [0.1, 0.15) is 5.69 Å². The van der Waals surface area contributed by atoms with E-state index >= 15 is 0 Å². The predicted octanol–water partition coefficient (Wildman–Crippen LogP) is 4.27. The van der Waals surface area contributed by atoms with E-state index in [1.165, 1.54) is 0 Å². The third kappa shape index (κ3) is 3.78. The molecule has 0 saturated carbocycles. The molecule has 2 aromatic heterocycles. The summed E-state index contributed by atoms with van der Waals surface area (Å²) in [7, 11) is 0. The number of rotatable bonds is 4. The van der Waals surface area contributed by atoms with Crippen LogP contribution in [0.5, 0.6) is 0 Å². The van der Waals surface area contributed by atoms with Crippen molar-refractivity contribution < 1.29 is 4.74 Å². The molecule has 1 fully saturated rings. The Bertz CT molecular complexity index is 1260. The molecule has 0 atom stereocenters. The third-order valence-electron chi connectivity index (χ3n) is 5.47. The number of nitrogens with one attached hydrogen (secondary N) is 1. The monoisotopic (exact) mass is 412 g/mol. The van der Waals surface area contributed by atoms with Crippen molar-refractivity contribution in [3.63, 3.8) is 0 Å². The number of aryl methyl sites for hydroxylation is 1. The van der Waals surface area contributed by atoms with Crippen molar-refractivity contribution >= 4 is 28.2 Å². The van der Waals surface area contributed by atoms with Crippen molar-refractivity contribution in [2.75, 3.05) is 36.5 Å². The van der Waals surface area contributed by atoms with E-state index in [4.69, 9.17) is 9.72 Å². The second kappa shape index (κ2) is 8.24. The molecule has 2 aromatic carbocycles. The highest BCUT2D eigenvalue weighted by Crippen LogP contribution is 2.30. The molecule has 6 nitrogen and oxygen atoms in total. The molecule has 0 radical (unpaired) electrons. The van der Waals surface area contributed by atoms with Gasteiger partial charge in [-0.1, -0.05) is 36.4 Å². The summed E-state index contributed by atoms with van der Waals surface area (Å²) in [5, 5.41) is 4.07. The van der Waals surface area contributed by atoms with Crippen molar-refractivity contribution in [3.8, 4) is 5.69 Å². The topological polar surface area (TPSA) is 59.4 Å². The summed E-state index contributed by atoms with van der Waals surface area (Å²) in [4.78, 5) is 20.3. The molecule has 0 amide bonds. The molecular weight excluding hydrogens is 388 g/mol. The van der Waals surface area contributed by atoms with Gasteiger partial charge in [0.2, 0.25) is 0 Å². The highest BCUT2D eigenvalue weighted by Gasteiger charge is 2.21. The van der Waals surface area contributed by atoms with Gasteiger partial charge in [-0.25, -0.2) is 4.98 Å². The largest absolute Gasteiger partial charge is 0.378 e. The standard InChI is InChI=1S/C25H24N4O2/c1-18-16-21-24(25(26-18)28-12-14-31-15-13-28)22(30)17-23(27-19-8-4-2-5-9-19)29(21)20-10-6-3-7-11-20/h2-11,16-17,27H,12-15H2,1H3. The molecule has 4 aromatic rings. The Labute approximate surface area is 180 Å². The lowest BCUT2D eigenvalue weighted by Crippen LogP contribution is -2.37. The van der Waals surface area contributed by atoms with Crippen LogP contribution in [0.25, 0.3) is 16.6 Å². The van der Waals surface area contributed by atoms with Gasteiger partial charge in [0.25, 0.3) is 0 Å². The average molecular weight is 412 g/mol. The molecule has 0 unspecified atom stereocenters. The van der Waals surface area contributed by atoms with Gasteiger partial charge in [-0.05, 0) is 37.3 Å². The van der Waals surface area contributed by atoms with E-state index < -0.39 is 0 Å². The fourth-order valence-corrected chi connectivity index (χ4v) is 4.06. The van der Waals surface area contributed by atoms with Gasteiger partial charge in [0.15, 0.2) is 5.43 Å². The maximum Gasteiger partial charge on any atom is 0.195 e. The van der Waals surface area contributed by atoms with E-state index in [1.807, 2.05) is 73.7 Å². The van der Waals surface area contributed by atoms with Crippen LogP contribution >= 0.6 is 0 Å². The fourth-order valence-electron chi connectivity index (χ4n) is 4.06. The van der Waals surface area contributed by atoms with Gasteiger partial charge in [-0.3, -0.25) is 9.36 Å². The summed E-state index contributed by atoms with van der Waals surface area (Å²) in [5.41, 5.74) is 3.56. The minimum Gasteiger partial charge on any atom is -0.378 e. The average Bonchev–Trinajstić information content (AvgIpc) is 2.80. The molecule has 0 spiro atoms. The molecule has 156 valence electrons. The SMILES string of the molecule is Cc1cc2c(c(N3CCOCC3)n1)c(=O)cc(Nc1ccccc1)n2-c1ccccc1. The maximum absolute atomic E-state index is 13.4. The van der Waals surface area contributed by atoms with Gasteiger partial charge in [0.05, 0.1) is 24.1 Å². The Hall–Kier alpha value is -3.64. The molecule has 31 heavy (non-hydrogen) atoms. The van der Waals surface area contributed by atoms with Crippen LogP contribution in [0.4, 0.5) is 17.3 Å². The minimum absolute atomic E-state index is 0.0467. The van der Waals surface area contributed by atoms with Crippen molar-refractivity contribution in [2.45, 2.75) is 6.92 Å². The molecule has 1 aliphatic heterocycles. The molecule has 1 saturated heterocycles. The number of fused-ring (bicyclic) bond motifs is 1. The van der Waals surface area contributed by atoms with Crippen molar-refractivity contribution in [2.24, 2.45) is 0 Å². The smallest absolute Gasteiger partial charge is 0.195 e. The van der Waals surface area contributed by atoms with Gasteiger partial charge >= 0.3 is 0 Å². The van der Waals surface area contributed by atoms with Gasteiger partial charge in [-0.15, -0.1) is 0 Å². The summed E-state index contributed by atoms with van der Waals surface area (Å²) in [6.45, 7) is 4.69. The lowest BCUT2D eigenvalue weighted by atomic mass is 10.1. The number of hydrogen-bond acceptors (Lipinski definition) is 5. The molecule has 6 heteroatoms. The summed E-state index contributed by atoms with van der Waals surface area (Å²) >= 11 is 0. The van der Waals surface area contributed by atoms with E-state index in [0.29, 0.717) is 24.4 Å². The van der Waals surface area contributed by atoms with Crippen molar-refractivity contribution in [3.05, 3.63) is 88.7 Å². The lowest BCUT2D eigenvalue weighted by Gasteiger charge is -2.29. The number of nitrogens with zero attached hydrogens (tertiary/aromatic N) is 3. The number of morpholine rings is 1. The van der Waals surface area contributed by atoms with E-state index in [1.54, 1.807) is 6.07 Å². The van der Waals surface area contributed by atoms with Crippen LogP contribution in [0.3, 0.4) is 0 Å². The van der Waals surface area contributed by atoms with E-state index in [2.05, 4.69) is 14.8 Å². The zero-order valence-electron chi connectivity index (χ0n) is 17.4. The Kier molecular flexibility index (Phi) is 5.14. The first kappa shape index (κ1) is 19.3. The Morgan fingerprint density at radius 2 is 1.61 bits per heavy atom. The lowest BCUT2D eigenvalue weighted by molar-refractivity contribution is 0.122. The molecule has 1 N–H and O–H groups in total. The third-order valence-corrected chi connectivity index (χ3v) is 5.47. The van der Waals surface area contributed by atoms with Crippen LogP contribution in [-0.2, 0) is 4.74 Å². The summed E-state index contributed by atoms with van der Waals surface area (Å²) < 4.78 is 7.61. The van der Waals surface area contributed by atoms with Gasteiger partial charge < -0.3 is 15.0 Å². The Morgan fingerprint density at radius 3 is 2.32 bits per heavy atom. The Balaban J connectivity index is 1.79. The molecule has 0 bridgehead atoms. The maximum atomic E-state index is 13.4. The van der Waals surface area contributed by atoms with Crippen molar-refractivity contribution in [1.29, 1.82) is 0 Å². The number of benzene rings is 2. The fraction of sp³-hybridized carbons (Fsp3) is 0.200. The number of pyridine rings is 2. The number of para-hydroxylation sites is 2. The molecule has 1 aliphatic rings. The Morgan fingerprint density at radius 1 is 0.935 bits per heavy atom.